The summed E-state index contributed by atoms with van der Waals surface area (Å²) in [6.45, 7) is 0.947. The molecule has 3 rings (SSSR count). The van der Waals surface area contributed by atoms with Gasteiger partial charge in [-0.1, -0.05) is 0 Å². The lowest BCUT2D eigenvalue weighted by Gasteiger charge is -2.16. The van der Waals surface area contributed by atoms with E-state index in [1.807, 2.05) is 6.07 Å². The quantitative estimate of drug-likeness (QED) is 0.808. The Balaban J connectivity index is 1.66. The molecule has 22 heavy (non-hydrogen) atoms. The van der Waals surface area contributed by atoms with Gasteiger partial charge in [-0.2, -0.15) is 5.26 Å². The third-order valence-electron chi connectivity index (χ3n) is 3.24. The van der Waals surface area contributed by atoms with Gasteiger partial charge in [0.25, 0.3) is 11.8 Å². The molecule has 1 unspecified atom stereocenters. The van der Waals surface area contributed by atoms with Crippen molar-refractivity contribution in [3.05, 3.63) is 42.4 Å². The van der Waals surface area contributed by atoms with Gasteiger partial charge < -0.3 is 9.64 Å². The molecule has 1 amide bonds. The number of ether oxygens (including phenoxy) is 1. The fraction of sp³-hybridized carbons (Fsp3) is 0.286. The minimum Gasteiger partial charge on any atom is -0.470 e. The lowest BCUT2D eigenvalue weighted by Crippen LogP contribution is -2.32. The SMILES string of the molecule is N#Cc1nccnc1OC1CCN(C(=O)c2ncccn2)C1. The molecule has 0 aliphatic carbocycles. The van der Waals surface area contributed by atoms with Gasteiger partial charge in [0.05, 0.1) is 6.54 Å². The van der Waals surface area contributed by atoms with Crippen LogP contribution in [0.5, 0.6) is 5.88 Å². The minimum absolute atomic E-state index is 0.138. The van der Waals surface area contributed by atoms with Crippen molar-refractivity contribution in [2.45, 2.75) is 12.5 Å². The first kappa shape index (κ1) is 13.9. The van der Waals surface area contributed by atoms with E-state index in [-0.39, 0.29) is 29.4 Å². The van der Waals surface area contributed by atoms with Crippen molar-refractivity contribution in [1.82, 2.24) is 24.8 Å². The van der Waals surface area contributed by atoms with Crippen LogP contribution in [0.15, 0.2) is 30.9 Å². The van der Waals surface area contributed by atoms with Crippen molar-refractivity contribution in [3.8, 4) is 11.9 Å². The molecule has 0 spiro atoms. The normalized spacial score (nSPS) is 17.0. The maximum absolute atomic E-state index is 12.2. The molecular weight excluding hydrogens is 284 g/mol. The highest BCUT2D eigenvalue weighted by Gasteiger charge is 2.30. The predicted molar refractivity (Wildman–Crippen MR) is 73.7 cm³/mol. The van der Waals surface area contributed by atoms with Crippen LogP contribution in [0.4, 0.5) is 0 Å². The predicted octanol–water partition coefficient (Wildman–Crippen LogP) is 0.432. The number of carbonyl (C=O) groups is 1. The van der Waals surface area contributed by atoms with Gasteiger partial charge in [-0.3, -0.25) is 4.79 Å². The lowest BCUT2D eigenvalue weighted by molar-refractivity contribution is 0.0759. The van der Waals surface area contributed by atoms with E-state index in [2.05, 4.69) is 19.9 Å². The van der Waals surface area contributed by atoms with E-state index in [4.69, 9.17) is 10.00 Å². The number of amides is 1. The molecule has 0 aromatic carbocycles. The van der Waals surface area contributed by atoms with Crippen molar-refractivity contribution in [2.75, 3.05) is 13.1 Å². The molecule has 8 nitrogen and oxygen atoms in total. The van der Waals surface area contributed by atoms with Crippen molar-refractivity contribution >= 4 is 5.91 Å². The lowest BCUT2D eigenvalue weighted by atomic mass is 10.3. The Morgan fingerprint density at radius 2 is 2.00 bits per heavy atom. The molecule has 3 heterocycles. The topological polar surface area (TPSA) is 105 Å². The van der Waals surface area contributed by atoms with E-state index >= 15 is 0 Å². The van der Waals surface area contributed by atoms with Gasteiger partial charge in [-0.15, -0.1) is 0 Å². The fourth-order valence-electron chi connectivity index (χ4n) is 2.21. The number of carbonyl (C=O) groups excluding carboxylic acids is 1. The molecule has 0 bridgehead atoms. The number of aromatic nitrogens is 4. The molecule has 1 saturated heterocycles. The number of nitrogens with zero attached hydrogens (tertiary/aromatic N) is 6. The van der Waals surface area contributed by atoms with Crippen LogP contribution < -0.4 is 4.74 Å². The maximum atomic E-state index is 12.2. The number of rotatable bonds is 3. The molecule has 8 heteroatoms. The van der Waals surface area contributed by atoms with Gasteiger partial charge in [0, 0.05) is 37.8 Å². The van der Waals surface area contributed by atoms with E-state index in [1.54, 1.807) is 11.0 Å². The zero-order chi connectivity index (χ0) is 15.4. The molecule has 1 aliphatic heterocycles. The summed E-state index contributed by atoms with van der Waals surface area (Å²) < 4.78 is 5.68. The number of likely N-dealkylation sites (tertiary alicyclic amines) is 1. The van der Waals surface area contributed by atoms with Gasteiger partial charge in [-0.05, 0) is 6.07 Å². The first-order valence-corrected chi connectivity index (χ1v) is 6.72. The van der Waals surface area contributed by atoms with Crippen LogP contribution in [-0.2, 0) is 0 Å². The second-order valence-electron chi connectivity index (χ2n) is 4.67. The van der Waals surface area contributed by atoms with Crippen molar-refractivity contribution in [3.63, 3.8) is 0 Å². The zero-order valence-corrected chi connectivity index (χ0v) is 11.6. The van der Waals surface area contributed by atoms with Crippen molar-refractivity contribution in [2.24, 2.45) is 0 Å². The van der Waals surface area contributed by atoms with Crippen molar-refractivity contribution < 1.29 is 9.53 Å². The van der Waals surface area contributed by atoms with Crippen molar-refractivity contribution in [1.29, 1.82) is 5.26 Å². The van der Waals surface area contributed by atoms with Gasteiger partial charge in [0.15, 0.2) is 0 Å². The van der Waals surface area contributed by atoms with E-state index in [0.717, 1.165) is 0 Å². The minimum atomic E-state index is -0.230. The molecule has 1 fully saturated rings. The molecule has 2 aromatic heterocycles. The highest BCUT2D eigenvalue weighted by Crippen LogP contribution is 2.19. The average Bonchev–Trinajstić information content (AvgIpc) is 3.04. The van der Waals surface area contributed by atoms with E-state index in [9.17, 15) is 4.79 Å². The average molecular weight is 296 g/mol. The Morgan fingerprint density at radius 3 is 2.77 bits per heavy atom. The highest BCUT2D eigenvalue weighted by atomic mass is 16.5. The molecule has 110 valence electrons. The summed E-state index contributed by atoms with van der Waals surface area (Å²) in [4.78, 5) is 29.7. The Labute approximate surface area is 126 Å². The Kier molecular flexibility index (Phi) is 3.87. The first-order chi connectivity index (χ1) is 10.8. The molecule has 0 saturated carbocycles. The second kappa shape index (κ2) is 6.13. The van der Waals surface area contributed by atoms with E-state index in [1.165, 1.54) is 24.8 Å². The summed E-state index contributed by atoms with van der Waals surface area (Å²) in [5.41, 5.74) is 0.138. The third-order valence-corrected chi connectivity index (χ3v) is 3.24. The Morgan fingerprint density at radius 1 is 1.23 bits per heavy atom. The van der Waals surface area contributed by atoms with Crippen LogP contribution in [0.2, 0.25) is 0 Å². The zero-order valence-electron chi connectivity index (χ0n) is 11.6. The molecule has 1 atom stereocenters. The smallest absolute Gasteiger partial charge is 0.291 e. The second-order valence-corrected chi connectivity index (χ2v) is 4.67. The Bertz CT molecular complexity index is 715. The Hall–Kier alpha value is -3.08. The summed E-state index contributed by atoms with van der Waals surface area (Å²) in [7, 11) is 0. The van der Waals surface area contributed by atoms with Crippen LogP contribution in [0.3, 0.4) is 0 Å². The number of hydrogen-bond donors (Lipinski definition) is 0. The van der Waals surface area contributed by atoms with Gasteiger partial charge in [0.1, 0.15) is 12.2 Å². The van der Waals surface area contributed by atoms with Gasteiger partial charge in [-0.25, -0.2) is 19.9 Å². The van der Waals surface area contributed by atoms with Crippen LogP contribution in [0, 0.1) is 11.3 Å². The molecule has 1 aliphatic rings. The fourth-order valence-corrected chi connectivity index (χ4v) is 2.21. The molecular formula is C14H12N6O2. The summed E-state index contributed by atoms with van der Waals surface area (Å²) in [5.74, 6) is 0.131. The number of nitriles is 1. The monoisotopic (exact) mass is 296 g/mol. The summed E-state index contributed by atoms with van der Waals surface area (Å²) >= 11 is 0. The molecule has 0 radical (unpaired) electrons. The first-order valence-electron chi connectivity index (χ1n) is 6.72. The standard InChI is InChI=1S/C14H12N6O2/c15-8-11-13(19-6-5-16-11)22-10-2-7-20(9-10)14(21)12-17-3-1-4-18-12/h1,3-6,10H,2,7,9H2. The van der Waals surface area contributed by atoms with Gasteiger partial charge in [0.2, 0.25) is 11.5 Å². The highest BCUT2D eigenvalue weighted by molar-refractivity contribution is 5.90. The van der Waals surface area contributed by atoms with Crippen LogP contribution in [-0.4, -0.2) is 49.9 Å². The summed E-state index contributed by atoms with van der Waals surface area (Å²) in [6, 6.07) is 3.59. The van der Waals surface area contributed by atoms with Gasteiger partial charge >= 0.3 is 0 Å². The van der Waals surface area contributed by atoms with Crippen LogP contribution in [0.25, 0.3) is 0 Å². The molecule has 2 aromatic rings. The number of hydrogen-bond acceptors (Lipinski definition) is 7. The summed E-state index contributed by atoms with van der Waals surface area (Å²) in [6.07, 6.45) is 6.39. The maximum Gasteiger partial charge on any atom is 0.291 e. The third kappa shape index (κ3) is 2.83. The summed E-state index contributed by atoms with van der Waals surface area (Å²) in [5, 5.41) is 8.97. The van der Waals surface area contributed by atoms with Crippen LogP contribution in [0.1, 0.15) is 22.7 Å². The molecule has 0 N–H and O–H groups in total. The largest absolute Gasteiger partial charge is 0.470 e. The van der Waals surface area contributed by atoms with Crippen LogP contribution >= 0.6 is 0 Å². The van der Waals surface area contributed by atoms with E-state index in [0.29, 0.717) is 19.5 Å². The van der Waals surface area contributed by atoms with E-state index < -0.39 is 0 Å².